The Morgan fingerprint density at radius 2 is 1.86 bits per heavy atom. The average Bonchev–Trinajstić information content (AvgIpc) is 2.36. The summed E-state index contributed by atoms with van der Waals surface area (Å²) in [7, 11) is -3.57. The van der Waals surface area contributed by atoms with Gasteiger partial charge in [-0.05, 0) is 48.8 Å². The number of benzene rings is 1. The molecule has 1 aromatic rings. The second kappa shape index (κ2) is 6.65. The summed E-state index contributed by atoms with van der Waals surface area (Å²) in [4.78, 5) is 0.149. The van der Waals surface area contributed by atoms with Gasteiger partial charge in [-0.3, -0.25) is 0 Å². The Kier molecular flexibility index (Phi) is 5.30. The van der Waals surface area contributed by atoms with Gasteiger partial charge in [0, 0.05) is 11.1 Å². The number of halogens is 1. The monoisotopic (exact) mass is 331 g/mol. The first-order valence-electron chi connectivity index (χ1n) is 7.23. The highest BCUT2D eigenvalue weighted by molar-refractivity contribution is 7.89. The van der Waals surface area contributed by atoms with Crippen LogP contribution in [0.3, 0.4) is 0 Å². The minimum atomic E-state index is -3.57. The summed E-state index contributed by atoms with van der Waals surface area (Å²) in [5, 5.41) is 9.35. The van der Waals surface area contributed by atoms with Gasteiger partial charge < -0.3 is 5.11 Å². The molecule has 1 aliphatic carbocycles. The van der Waals surface area contributed by atoms with E-state index in [0.29, 0.717) is 17.4 Å². The SMILES string of the molecule is CC1CC(C)CC(NS(=O)(=O)c2ccc(CO)c(Cl)c2)C1. The number of rotatable bonds is 4. The predicted octanol–water partition coefficient (Wildman–Crippen LogP) is 2.94. The molecule has 1 aromatic carbocycles. The van der Waals surface area contributed by atoms with Crippen LogP contribution >= 0.6 is 11.6 Å². The summed E-state index contributed by atoms with van der Waals surface area (Å²) in [6, 6.07) is 4.40. The van der Waals surface area contributed by atoms with Crippen molar-refractivity contribution in [3.63, 3.8) is 0 Å². The molecular weight excluding hydrogens is 310 g/mol. The van der Waals surface area contributed by atoms with Gasteiger partial charge >= 0.3 is 0 Å². The first kappa shape index (κ1) is 16.7. The Labute approximate surface area is 131 Å². The molecule has 2 unspecified atom stereocenters. The minimum absolute atomic E-state index is 0.0231. The van der Waals surface area contributed by atoms with Crippen molar-refractivity contribution in [2.45, 2.75) is 50.7 Å². The van der Waals surface area contributed by atoms with E-state index in [1.807, 2.05) is 0 Å². The molecule has 0 radical (unpaired) electrons. The summed E-state index contributed by atoms with van der Waals surface area (Å²) in [5.41, 5.74) is 0.524. The molecule has 0 heterocycles. The van der Waals surface area contributed by atoms with E-state index in [0.717, 1.165) is 19.3 Å². The topological polar surface area (TPSA) is 66.4 Å². The molecule has 2 rings (SSSR count). The standard InChI is InChI=1S/C15H22ClNO3S/c1-10-5-11(2)7-13(6-10)17-21(19,20)14-4-3-12(9-18)15(16)8-14/h3-4,8,10-11,13,17-18H,5-7,9H2,1-2H3. The first-order valence-corrected chi connectivity index (χ1v) is 9.09. The molecule has 0 spiro atoms. The van der Waals surface area contributed by atoms with Crippen LogP contribution in [-0.4, -0.2) is 19.6 Å². The van der Waals surface area contributed by atoms with Crippen LogP contribution in [0.25, 0.3) is 0 Å². The third-order valence-electron chi connectivity index (χ3n) is 4.01. The van der Waals surface area contributed by atoms with Gasteiger partial charge in [0.05, 0.1) is 11.5 Å². The zero-order chi connectivity index (χ0) is 15.6. The smallest absolute Gasteiger partial charge is 0.240 e. The van der Waals surface area contributed by atoms with Crippen molar-refractivity contribution >= 4 is 21.6 Å². The molecular formula is C15H22ClNO3S. The van der Waals surface area contributed by atoms with Crippen molar-refractivity contribution in [3.05, 3.63) is 28.8 Å². The highest BCUT2D eigenvalue weighted by Crippen LogP contribution is 2.30. The molecule has 0 aromatic heterocycles. The number of nitrogens with one attached hydrogen (secondary N) is 1. The molecule has 1 fully saturated rings. The van der Waals surface area contributed by atoms with Crippen molar-refractivity contribution in [1.82, 2.24) is 4.72 Å². The van der Waals surface area contributed by atoms with E-state index in [1.54, 1.807) is 6.07 Å². The average molecular weight is 332 g/mol. The molecule has 0 saturated heterocycles. The van der Waals surface area contributed by atoms with Crippen LogP contribution in [0.2, 0.25) is 5.02 Å². The Balaban J connectivity index is 2.16. The highest BCUT2D eigenvalue weighted by atomic mass is 35.5. The molecule has 1 saturated carbocycles. The maximum atomic E-state index is 12.4. The van der Waals surface area contributed by atoms with E-state index in [4.69, 9.17) is 16.7 Å². The molecule has 4 nitrogen and oxygen atoms in total. The van der Waals surface area contributed by atoms with Gasteiger partial charge in [-0.15, -0.1) is 0 Å². The molecule has 0 amide bonds. The minimum Gasteiger partial charge on any atom is -0.392 e. The lowest BCUT2D eigenvalue weighted by Gasteiger charge is -2.31. The third kappa shape index (κ3) is 4.19. The third-order valence-corrected chi connectivity index (χ3v) is 5.88. The van der Waals surface area contributed by atoms with Crippen LogP contribution in [0.4, 0.5) is 0 Å². The Morgan fingerprint density at radius 1 is 1.24 bits per heavy atom. The van der Waals surface area contributed by atoms with Crippen LogP contribution in [0.15, 0.2) is 23.1 Å². The van der Waals surface area contributed by atoms with E-state index in [2.05, 4.69) is 18.6 Å². The number of hydrogen-bond donors (Lipinski definition) is 2. The fourth-order valence-corrected chi connectivity index (χ4v) is 4.75. The molecule has 2 N–H and O–H groups in total. The Hall–Kier alpha value is -0.620. The maximum absolute atomic E-state index is 12.4. The summed E-state index contributed by atoms with van der Waals surface area (Å²) in [6.45, 7) is 4.11. The van der Waals surface area contributed by atoms with Crippen molar-refractivity contribution in [1.29, 1.82) is 0 Å². The van der Waals surface area contributed by atoms with Crippen molar-refractivity contribution in [3.8, 4) is 0 Å². The fraction of sp³-hybridized carbons (Fsp3) is 0.600. The van der Waals surface area contributed by atoms with E-state index >= 15 is 0 Å². The largest absolute Gasteiger partial charge is 0.392 e. The van der Waals surface area contributed by atoms with Gasteiger partial charge in [0.25, 0.3) is 0 Å². The van der Waals surface area contributed by atoms with Crippen molar-refractivity contribution < 1.29 is 13.5 Å². The molecule has 2 atom stereocenters. The quantitative estimate of drug-likeness (QED) is 0.891. The zero-order valence-corrected chi connectivity index (χ0v) is 13.9. The molecule has 0 aliphatic heterocycles. The van der Waals surface area contributed by atoms with Gasteiger partial charge in [-0.1, -0.05) is 31.5 Å². The van der Waals surface area contributed by atoms with Gasteiger partial charge in [0.15, 0.2) is 0 Å². The van der Waals surface area contributed by atoms with Crippen LogP contribution < -0.4 is 4.72 Å². The number of sulfonamides is 1. The predicted molar refractivity (Wildman–Crippen MR) is 83.7 cm³/mol. The second-order valence-electron chi connectivity index (χ2n) is 6.15. The van der Waals surface area contributed by atoms with Gasteiger partial charge in [-0.25, -0.2) is 13.1 Å². The number of aliphatic hydroxyl groups excluding tert-OH is 1. The lowest BCUT2D eigenvalue weighted by molar-refractivity contribution is 0.257. The molecule has 0 bridgehead atoms. The van der Waals surface area contributed by atoms with Crippen LogP contribution in [-0.2, 0) is 16.6 Å². The van der Waals surface area contributed by atoms with E-state index in [-0.39, 0.29) is 22.6 Å². The first-order chi connectivity index (χ1) is 9.81. The maximum Gasteiger partial charge on any atom is 0.240 e. The molecule has 1 aliphatic rings. The summed E-state index contributed by atoms with van der Waals surface area (Å²) < 4.78 is 27.7. The summed E-state index contributed by atoms with van der Waals surface area (Å²) >= 11 is 5.97. The fourth-order valence-electron chi connectivity index (χ4n) is 3.15. The van der Waals surface area contributed by atoms with Crippen LogP contribution in [0.1, 0.15) is 38.7 Å². The summed E-state index contributed by atoms with van der Waals surface area (Å²) in [6.07, 6.45) is 2.88. The lowest BCUT2D eigenvalue weighted by Crippen LogP contribution is -2.39. The second-order valence-corrected chi connectivity index (χ2v) is 8.27. The van der Waals surface area contributed by atoms with Gasteiger partial charge in [0.2, 0.25) is 10.0 Å². The Morgan fingerprint density at radius 3 is 2.38 bits per heavy atom. The molecule has 6 heteroatoms. The van der Waals surface area contributed by atoms with Gasteiger partial charge in [0.1, 0.15) is 0 Å². The lowest BCUT2D eigenvalue weighted by atomic mass is 9.81. The van der Waals surface area contributed by atoms with Gasteiger partial charge in [-0.2, -0.15) is 0 Å². The van der Waals surface area contributed by atoms with E-state index in [9.17, 15) is 8.42 Å². The molecule has 21 heavy (non-hydrogen) atoms. The van der Waals surface area contributed by atoms with Crippen molar-refractivity contribution in [2.75, 3.05) is 0 Å². The van der Waals surface area contributed by atoms with Crippen LogP contribution in [0.5, 0.6) is 0 Å². The summed E-state index contributed by atoms with van der Waals surface area (Å²) in [5.74, 6) is 1.06. The highest BCUT2D eigenvalue weighted by Gasteiger charge is 2.28. The molecule has 118 valence electrons. The van der Waals surface area contributed by atoms with E-state index in [1.165, 1.54) is 12.1 Å². The normalized spacial score (nSPS) is 26.8. The number of aliphatic hydroxyl groups is 1. The van der Waals surface area contributed by atoms with Crippen LogP contribution in [0, 0.1) is 11.8 Å². The number of hydrogen-bond acceptors (Lipinski definition) is 3. The van der Waals surface area contributed by atoms with Crippen molar-refractivity contribution in [2.24, 2.45) is 11.8 Å². The Bertz CT molecular complexity index is 593. The van der Waals surface area contributed by atoms with E-state index < -0.39 is 10.0 Å². The zero-order valence-electron chi connectivity index (χ0n) is 12.3.